The van der Waals surface area contributed by atoms with Gasteiger partial charge in [0.2, 0.25) is 0 Å². The first-order valence-electron chi connectivity index (χ1n) is 14.1. The van der Waals surface area contributed by atoms with Gasteiger partial charge in [-0.2, -0.15) is 0 Å². The molecular formula is C32H39FN2O6. The molecule has 1 fully saturated rings. The number of rotatable bonds is 15. The van der Waals surface area contributed by atoms with Gasteiger partial charge in [-0.1, -0.05) is 42.5 Å². The Bertz CT molecular complexity index is 1210. The zero-order valence-corrected chi connectivity index (χ0v) is 23.5. The van der Waals surface area contributed by atoms with Crippen molar-refractivity contribution >= 4 is 6.09 Å². The Morgan fingerprint density at radius 2 is 1.63 bits per heavy atom. The van der Waals surface area contributed by atoms with Gasteiger partial charge in [0.1, 0.15) is 18.1 Å². The molecule has 1 saturated heterocycles. The molecular weight excluding hydrogens is 527 g/mol. The van der Waals surface area contributed by atoms with Gasteiger partial charge in [0, 0.05) is 25.4 Å². The maximum atomic E-state index is 13.6. The van der Waals surface area contributed by atoms with E-state index in [0.29, 0.717) is 45.8 Å². The van der Waals surface area contributed by atoms with E-state index >= 15 is 0 Å². The van der Waals surface area contributed by atoms with Crippen molar-refractivity contribution in [2.45, 2.75) is 31.3 Å². The molecule has 1 amide bonds. The summed E-state index contributed by atoms with van der Waals surface area (Å²) in [7, 11) is 1.35. The molecule has 3 aromatic carbocycles. The van der Waals surface area contributed by atoms with Crippen molar-refractivity contribution in [3.8, 4) is 17.2 Å². The number of alkyl carbamates (subject to hydrolysis) is 1. The Morgan fingerprint density at radius 3 is 2.44 bits per heavy atom. The van der Waals surface area contributed by atoms with Gasteiger partial charge >= 0.3 is 6.09 Å². The van der Waals surface area contributed by atoms with E-state index in [1.54, 1.807) is 18.2 Å². The molecule has 2 N–H and O–H groups in total. The Morgan fingerprint density at radius 1 is 0.902 bits per heavy atom. The second kappa shape index (κ2) is 16.4. The normalized spacial score (nSPS) is 16.5. The maximum absolute atomic E-state index is 13.6. The summed E-state index contributed by atoms with van der Waals surface area (Å²) in [5.41, 5.74) is 2.23. The molecule has 3 aromatic rings. The van der Waals surface area contributed by atoms with E-state index in [2.05, 4.69) is 27.5 Å². The van der Waals surface area contributed by atoms with E-state index in [0.717, 1.165) is 36.6 Å². The highest BCUT2D eigenvalue weighted by molar-refractivity contribution is 5.66. The Hall–Kier alpha value is -3.82. The summed E-state index contributed by atoms with van der Waals surface area (Å²) in [6.07, 6.45) is 1.86. The number of carbonyl (C=O) groups excluding carboxylic acids is 1. The molecule has 2 unspecified atom stereocenters. The highest BCUT2D eigenvalue weighted by atomic mass is 19.1. The molecule has 9 heteroatoms. The summed E-state index contributed by atoms with van der Waals surface area (Å²) in [6.45, 7) is 3.94. The van der Waals surface area contributed by atoms with Crippen molar-refractivity contribution in [2.24, 2.45) is 0 Å². The van der Waals surface area contributed by atoms with Crippen molar-refractivity contribution in [2.75, 3.05) is 53.2 Å². The molecule has 2 atom stereocenters. The summed E-state index contributed by atoms with van der Waals surface area (Å²) in [5, 5.41) is 6.13. The van der Waals surface area contributed by atoms with Gasteiger partial charge in [-0.25, -0.2) is 9.18 Å². The quantitative estimate of drug-likeness (QED) is 0.247. The first-order valence-corrected chi connectivity index (χ1v) is 14.1. The second-order valence-corrected chi connectivity index (χ2v) is 9.68. The fraction of sp³-hybridized carbons (Fsp3) is 0.406. The van der Waals surface area contributed by atoms with Gasteiger partial charge in [0.05, 0.1) is 33.0 Å². The van der Waals surface area contributed by atoms with Gasteiger partial charge in [0.25, 0.3) is 0 Å². The Kier molecular flexibility index (Phi) is 12.1. The standard InChI is InChI=1S/C32H39FN2O6/c1-37-32(36)35-18-15-25-7-2-4-9-29(25)40-21-22-41-31-23-34-17-16-27(31)24-11-13-26(14-12-24)38-19-6-20-39-30-10-5-3-8-28(30)33/h2-5,7-14,27,31,34H,6,15-23H2,1H3,(H,35,36). The molecule has 41 heavy (non-hydrogen) atoms. The lowest BCUT2D eigenvalue weighted by molar-refractivity contribution is 0.00721. The molecule has 8 nitrogen and oxygen atoms in total. The number of para-hydroxylation sites is 2. The van der Waals surface area contributed by atoms with Crippen molar-refractivity contribution in [3.63, 3.8) is 0 Å². The number of nitrogens with one attached hydrogen (secondary N) is 2. The fourth-order valence-electron chi connectivity index (χ4n) is 4.76. The lowest BCUT2D eigenvalue weighted by Crippen LogP contribution is -2.41. The minimum Gasteiger partial charge on any atom is -0.493 e. The molecule has 1 aliphatic heterocycles. The van der Waals surface area contributed by atoms with Crippen LogP contribution in [0.2, 0.25) is 0 Å². The second-order valence-electron chi connectivity index (χ2n) is 9.68. The van der Waals surface area contributed by atoms with Crippen LogP contribution in [0, 0.1) is 5.82 Å². The molecule has 0 aliphatic carbocycles. The van der Waals surface area contributed by atoms with Crippen LogP contribution in [-0.2, 0) is 15.9 Å². The number of halogens is 1. The smallest absolute Gasteiger partial charge is 0.406 e. The van der Waals surface area contributed by atoms with Gasteiger partial charge < -0.3 is 34.3 Å². The van der Waals surface area contributed by atoms with Crippen molar-refractivity contribution in [1.82, 2.24) is 10.6 Å². The summed E-state index contributed by atoms with van der Waals surface area (Å²) in [6, 6.07) is 22.4. The van der Waals surface area contributed by atoms with Crippen molar-refractivity contribution in [3.05, 3.63) is 89.7 Å². The zero-order valence-electron chi connectivity index (χ0n) is 23.5. The van der Waals surface area contributed by atoms with Gasteiger partial charge in [-0.05, 0) is 60.8 Å². The molecule has 0 aromatic heterocycles. The third-order valence-electron chi connectivity index (χ3n) is 6.88. The molecule has 0 radical (unpaired) electrons. The summed E-state index contributed by atoms with van der Waals surface area (Å²) in [5.74, 6) is 1.76. The van der Waals surface area contributed by atoms with Crippen LogP contribution in [0.1, 0.15) is 29.9 Å². The number of methoxy groups -OCH3 is 1. The summed E-state index contributed by atoms with van der Waals surface area (Å²) >= 11 is 0. The van der Waals surface area contributed by atoms with Gasteiger partial charge in [-0.15, -0.1) is 0 Å². The molecule has 0 bridgehead atoms. The van der Waals surface area contributed by atoms with E-state index in [1.165, 1.54) is 18.7 Å². The summed E-state index contributed by atoms with van der Waals surface area (Å²) < 4.78 is 41.9. The molecule has 1 aliphatic rings. The SMILES string of the molecule is COC(=O)NCCc1ccccc1OCCOC1CNCCC1c1ccc(OCCCOc2ccccc2F)cc1. The lowest BCUT2D eigenvalue weighted by atomic mass is 9.88. The average Bonchev–Trinajstić information content (AvgIpc) is 3.01. The largest absolute Gasteiger partial charge is 0.493 e. The number of hydrogen-bond donors (Lipinski definition) is 2. The number of hydrogen-bond acceptors (Lipinski definition) is 7. The first-order chi connectivity index (χ1) is 20.1. The van der Waals surface area contributed by atoms with Crippen LogP contribution < -0.4 is 24.8 Å². The van der Waals surface area contributed by atoms with Crippen LogP contribution in [-0.4, -0.2) is 65.4 Å². The third kappa shape index (κ3) is 9.65. The highest BCUT2D eigenvalue weighted by Crippen LogP contribution is 2.29. The van der Waals surface area contributed by atoms with E-state index in [4.69, 9.17) is 18.9 Å². The fourth-order valence-corrected chi connectivity index (χ4v) is 4.76. The Balaban J connectivity index is 1.19. The Labute approximate surface area is 241 Å². The van der Waals surface area contributed by atoms with E-state index in [-0.39, 0.29) is 23.6 Å². The predicted octanol–water partition coefficient (Wildman–Crippen LogP) is 5.11. The van der Waals surface area contributed by atoms with Crippen LogP contribution in [0.5, 0.6) is 17.2 Å². The topological polar surface area (TPSA) is 87.3 Å². The van der Waals surface area contributed by atoms with Crippen LogP contribution in [0.4, 0.5) is 9.18 Å². The van der Waals surface area contributed by atoms with E-state index in [1.807, 2.05) is 36.4 Å². The minimum atomic E-state index is -0.446. The summed E-state index contributed by atoms with van der Waals surface area (Å²) in [4.78, 5) is 11.3. The molecule has 1 heterocycles. The highest BCUT2D eigenvalue weighted by Gasteiger charge is 2.27. The monoisotopic (exact) mass is 566 g/mol. The van der Waals surface area contributed by atoms with Crippen LogP contribution in [0.3, 0.4) is 0 Å². The van der Waals surface area contributed by atoms with E-state index < -0.39 is 6.09 Å². The van der Waals surface area contributed by atoms with Crippen molar-refractivity contribution < 1.29 is 32.9 Å². The zero-order chi connectivity index (χ0) is 28.7. The average molecular weight is 567 g/mol. The molecule has 220 valence electrons. The van der Waals surface area contributed by atoms with Gasteiger partial charge in [0.15, 0.2) is 11.6 Å². The number of ether oxygens (including phenoxy) is 5. The third-order valence-corrected chi connectivity index (χ3v) is 6.88. The van der Waals surface area contributed by atoms with E-state index in [9.17, 15) is 9.18 Å². The number of benzene rings is 3. The van der Waals surface area contributed by atoms with Crippen LogP contribution in [0.15, 0.2) is 72.8 Å². The molecule has 0 saturated carbocycles. The van der Waals surface area contributed by atoms with Gasteiger partial charge in [-0.3, -0.25) is 0 Å². The first kappa shape index (κ1) is 30.1. The number of amides is 1. The number of piperidine rings is 1. The lowest BCUT2D eigenvalue weighted by Gasteiger charge is -2.32. The minimum absolute atomic E-state index is 0.0362. The molecule has 4 rings (SSSR count). The number of carbonyl (C=O) groups is 1. The van der Waals surface area contributed by atoms with Crippen LogP contribution >= 0.6 is 0 Å². The molecule has 0 spiro atoms. The maximum Gasteiger partial charge on any atom is 0.406 e. The van der Waals surface area contributed by atoms with Crippen LogP contribution in [0.25, 0.3) is 0 Å². The van der Waals surface area contributed by atoms with Crippen molar-refractivity contribution in [1.29, 1.82) is 0 Å². The predicted molar refractivity (Wildman–Crippen MR) is 154 cm³/mol.